The van der Waals surface area contributed by atoms with E-state index in [1.165, 1.54) is 63.3 Å². The van der Waals surface area contributed by atoms with Crippen LogP contribution in [0.4, 0.5) is 0 Å². The van der Waals surface area contributed by atoms with E-state index in [0.29, 0.717) is 17.5 Å². The van der Waals surface area contributed by atoms with E-state index in [1.54, 1.807) is 11.3 Å². The zero-order chi connectivity index (χ0) is 43.3. The molecule has 0 radical (unpaired) electrons. The molecule has 3 heterocycles. The van der Waals surface area contributed by atoms with Gasteiger partial charge in [-0.2, -0.15) is 0 Å². The SMILES string of the molecule is c1ccc(-c2nc(-c3cccc(-c4ccc5c6ccccc6c6ccccc6c5c4)c3)nc(-c3cc(-c4ccc5oc6ccc7ccccc7c6c5c4)c4c(c3)sc3ccccc34)n2)cc1. The Morgan fingerprint density at radius 3 is 1.64 bits per heavy atom. The molecule has 0 aliphatic rings. The molecule has 14 aromatic rings. The van der Waals surface area contributed by atoms with E-state index in [1.807, 2.05) is 18.2 Å². The van der Waals surface area contributed by atoms with Gasteiger partial charge in [-0.1, -0.05) is 164 Å². The van der Waals surface area contributed by atoms with Crippen molar-refractivity contribution in [3.63, 3.8) is 0 Å². The van der Waals surface area contributed by atoms with Gasteiger partial charge in [0, 0.05) is 47.6 Å². The quantitative estimate of drug-likeness (QED) is 0.162. The second kappa shape index (κ2) is 14.5. The van der Waals surface area contributed by atoms with Crippen LogP contribution in [0.3, 0.4) is 0 Å². The zero-order valence-electron chi connectivity index (χ0n) is 35.4. The average molecular weight is 858 g/mol. The highest BCUT2D eigenvalue weighted by molar-refractivity contribution is 7.26. The number of aromatic nitrogens is 3. The van der Waals surface area contributed by atoms with E-state index >= 15 is 0 Å². The molecule has 0 spiro atoms. The molecule has 0 N–H and O–H groups in total. The normalized spacial score (nSPS) is 11.9. The lowest BCUT2D eigenvalue weighted by molar-refractivity contribution is 0.669. The van der Waals surface area contributed by atoms with E-state index in [9.17, 15) is 0 Å². The van der Waals surface area contributed by atoms with Crippen molar-refractivity contribution in [2.24, 2.45) is 0 Å². The summed E-state index contributed by atoms with van der Waals surface area (Å²) in [4.78, 5) is 15.8. The topological polar surface area (TPSA) is 51.8 Å². The summed E-state index contributed by atoms with van der Waals surface area (Å²) in [5.41, 5.74) is 9.00. The Hall–Kier alpha value is -8.51. The minimum absolute atomic E-state index is 0.620. The molecule has 0 atom stereocenters. The number of thiophene rings is 1. The predicted molar refractivity (Wildman–Crippen MR) is 277 cm³/mol. The molecule has 5 heteroatoms. The van der Waals surface area contributed by atoms with Crippen molar-refractivity contribution in [2.75, 3.05) is 0 Å². The van der Waals surface area contributed by atoms with Gasteiger partial charge in [-0.3, -0.25) is 0 Å². The van der Waals surface area contributed by atoms with Crippen molar-refractivity contribution in [2.45, 2.75) is 0 Å². The summed E-state index contributed by atoms with van der Waals surface area (Å²) in [5, 5.41) is 14.6. The maximum absolute atomic E-state index is 6.46. The number of hydrogen-bond acceptors (Lipinski definition) is 5. The van der Waals surface area contributed by atoms with E-state index in [-0.39, 0.29) is 0 Å². The van der Waals surface area contributed by atoms with Gasteiger partial charge in [-0.05, 0) is 114 Å². The highest BCUT2D eigenvalue weighted by Crippen LogP contribution is 2.45. The van der Waals surface area contributed by atoms with Gasteiger partial charge in [0.25, 0.3) is 0 Å². The number of benzene rings is 11. The third-order valence-corrected chi connectivity index (χ3v) is 14.4. The summed E-state index contributed by atoms with van der Waals surface area (Å²) in [6, 6.07) is 75.8. The number of rotatable bonds is 5. The first-order chi connectivity index (χ1) is 32.7. The minimum Gasteiger partial charge on any atom is -0.456 e. The van der Waals surface area contributed by atoms with Gasteiger partial charge in [0.05, 0.1) is 0 Å². The lowest BCUT2D eigenvalue weighted by Gasteiger charge is -2.13. The van der Waals surface area contributed by atoms with Gasteiger partial charge in [0.2, 0.25) is 0 Å². The Labute approximate surface area is 382 Å². The molecule has 0 aliphatic carbocycles. The molecule has 0 amide bonds. The van der Waals surface area contributed by atoms with Crippen LogP contribution in [0.25, 0.3) is 142 Å². The molecule has 0 bridgehead atoms. The van der Waals surface area contributed by atoms with E-state index in [4.69, 9.17) is 19.4 Å². The van der Waals surface area contributed by atoms with Crippen LogP contribution >= 0.6 is 11.3 Å². The molecule has 0 saturated carbocycles. The lowest BCUT2D eigenvalue weighted by Crippen LogP contribution is -2.00. The Kier molecular flexibility index (Phi) is 8.12. The van der Waals surface area contributed by atoms with E-state index in [0.717, 1.165) is 60.9 Å². The van der Waals surface area contributed by atoms with Crippen molar-refractivity contribution in [1.29, 1.82) is 0 Å². The Morgan fingerprint density at radius 2 is 0.848 bits per heavy atom. The van der Waals surface area contributed by atoms with Crippen molar-refractivity contribution in [3.8, 4) is 56.4 Å². The molecule has 0 unspecified atom stereocenters. The van der Waals surface area contributed by atoms with Gasteiger partial charge in [0.1, 0.15) is 11.2 Å². The van der Waals surface area contributed by atoms with Crippen LogP contribution in [0.2, 0.25) is 0 Å². The lowest BCUT2D eigenvalue weighted by atomic mass is 9.92. The standard InChI is InChI=1S/C61H35N3OS/c1-2-14-37(15-3-1)59-62-60(41-17-12-16-38(31-41)39-25-28-48-46-21-7-6-19-44(46)45-20-8-9-22-47(45)51(48)32-39)64-61(63-59)42-34-50(58-49-23-10-11-24-55(49)66-56(58)35-42)40-27-29-53-52(33-40)57-43-18-5-4-13-36(43)26-30-54(57)65-53/h1-35H. The Balaban J connectivity index is 0.959. The van der Waals surface area contributed by atoms with Crippen LogP contribution in [0.5, 0.6) is 0 Å². The second-order valence-corrected chi connectivity index (χ2v) is 18.2. The molecule has 306 valence electrons. The van der Waals surface area contributed by atoms with Gasteiger partial charge in [-0.15, -0.1) is 11.3 Å². The summed E-state index contributed by atoms with van der Waals surface area (Å²) in [6.45, 7) is 0. The fourth-order valence-corrected chi connectivity index (χ4v) is 11.4. The maximum Gasteiger partial charge on any atom is 0.164 e. The van der Waals surface area contributed by atoms with Gasteiger partial charge in [0.15, 0.2) is 17.5 Å². The first kappa shape index (κ1) is 36.9. The fraction of sp³-hybridized carbons (Fsp3) is 0. The Bertz CT molecular complexity index is 4270. The first-order valence-electron chi connectivity index (χ1n) is 22.2. The molecule has 11 aromatic carbocycles. The molecule has 66 heavy (non-hydrogen) atoms. The summed E-state index contributed by atoms with van der Waals surface area (Å²) < 4.78 is 8.87. The average Bonchev–Trinajstić information content (AvgIpc) is 3.97. The van der Waals surface area contributed by atoms with E-state index in [2.05, 4.69) is 194 Å². The van der Waals surface area contributed by atoms with Crippen molar-refractivity contribution in [1.82, 2.24) is 15.0 Å². The minimum atomic E-state index is 0.620. The summed E-state index contributed by atoms with van der Waals surface area (Å²) >= 11 is 1.80. The van der Waals surface area contributed by atoms with Crippen LogP contribution in [0.1, 0.15) is 0 Å². The van der Waals surface area contributed by atoms with Gasteiger partial charge >= 0.3 is 0 Å². The van der Waals surface area contributed by atoms with E-state index < -0.39 is 0 Å². The number of hydrogen-bond donors (Lipinski definition) is 0. The summed E-state index contributed by atoms with van der Waals surface area (Å²) in [6.07, 6.45) is 0. The third-order valence-electron chi connectivity index (χ3n) is 13.3. The molecular formula is C61H35N3OS. The second-order valence-electron chi connectivity index (χ2n) is 17.1. The van der Waals surface area contributed by atoms with Crippen molar-refractivity contribution >= 4 is 96.5 Å². The molecule has 3 aromatic heterocycles. The number of furan rings is 1. The highest BCUT2D eigenvalue weighted by Gasteiger charge is 2.20. The largest absolute Gasteiger partial charge is 0.456 e. The predicted octanol–water partition coefficient (Wildman–Crippen LogP) is 17.1. The molecular weight excluding hydrogens is 823 g/mol. The first-order valence-corrected chi connectivity index (χ1v) is 23.1. The monoisotopic (exact) mass is 857 g/mol. The van der Waals surface area contributed by atoms with Crippen LogP contribution in [0, 0.1) is 0 Å². The molecule has 0 aliphatic heterocycles. The molecule has 14 rings (SSSR count). The van der Waals surface area contributed by atoms with Crippen LogP contribution in [0.15, 0.2) is 217 Å². The van der Waals surface area contributed by atoms with Gasteiger partial charge in [-0.25, -0.2) is 15.0 Å². The van der Waals surface area contributed by atoms with Crippen molar-refractivity contribution < 1.29 is 4.42 Å². The Morgan fingerprint density at radius 1 is 0.288 bits per heavy atom. The fourth-order valence-electron chi connectivity index (χ4n) is 10.2. The zero-order valence-corrected chi connectivity index (χ0v) is 36.2. The van der Waals surface area contributed by atoms with Crippen molar-refractivity contribution in [3.05, 3.63) is 212 Å². The maximum atomic E-state index is 6.46. The molecule has 4 nitrogen and oxygen atoms in total. The summed E-state index contributed by atoms with van der Waals surface area (Å²) in [5.74, 6) is 1.87. The summed E-state index contributed by atoms with van der Waals surface area (Å²) in [7, 11) is 0. The number of nitrogens with zero attached hydrogens (tertiary/aromatic N) is 3. The van der Waals surface area contributed by atoms with Gasteiger partial charge < -0.3 is 4.42 Å². The number of fused-ring (bicyclic) bond motifs is 14. The van der Waals surface area contributed by atoms with Crippen LogP contribution in [-0.2, 0) is 0 Å². The molecule has 0 fully saturated rings. The van der Waals surface area contributed by atoms with Crippen LogP contribution < -0.4 is 0 Å². The smallest absolute Gasteiger partial charge is 0.164 e. The van der Waals surface area contributed by atoms with Crippen LogP contribution in [-0.4, -0.2) is 15.0 Å². The third kappa shape index (κ3) is 5.80. The highest BCUT2D eigenvalue weighted by atomic mass is 32.1. The molecule has 0 saturated heterocycles.